The number of nitrogens with one attached hydrogen (secondary N) is 2. The summed E-state index contributed by atoms with van der Waals surface area (Å²) in [5.41, 5.74) is 0.793. The number of nitro groups is 1. The molecule has 10 heteroatoms. The summed E-state index contributed by atoms with van der Waals surface area (Å²) in [7, 11) is 0. The van der Waals surface area contributed by atoms with Gasteiger partial charge in [-0.15, -0.1) is 0 Å². The molecule has 33 heavy (non-hydrogen) atoms. The summed E-state index contributed by atoms with van der Waals surface area (Å²) in [5, 5.41) is 17.5. The van der Waals surface area contributed by atoms with Crippen LogP contribution in [0.25, 0.3) is 5.69 Å². The van der Waals surface area contributed by atoms with Crippen LogP contribution in [0.5, 0.6) is 0 Å². The van der Waals surface area contributed by atoms with Crippen LogP contribution in [0.4, 0.5) is 11.4 Å². The van der Waals surface area contributed by atoms with Crippen LogP contribution in [0.15, 0.2) is 55.1 Å². The van der Waals surface area contributed by atoms with Crippen LogP contribution in [0.1, 0.15) is 52.8 Å². The van der Waals surface area contributed by atoms with E-state index in [0.29, 0.717) is 11.4 Å². The highest BCUT2D eigenvalue weighted by Crippen LogP contribution is 2.26. The monoisotopic (exact) mass is 467 g/mol. The van der Waals surface area contributed by atoms with Crippen LogP contribution < -0.4 is 10.6 Å². The minimum atomic E-state index is -0.553. The Hall–Kier alpha value is -3.72. The van der Waals surface area contributed by atoms with Crippen molar-refractivity contribution in [3.63, 3.8) is 0 Å². The Bertz CT molecular complexity index is 1190. The molecule has 2 N–H and O–H groups in total. The molecule has 1 aliphatic rings. The van der Waals surface area contributed by atoms with Gasteiger partial charge in [-0.3, -0.25) is 19.7 Å². The van der Waals surface area contributed by atoms with E-state index in [-0.39, 0.29) is 33.8 Å². The first-order valence-electron chi connectivity index (χ1n) is 10.6. The van der Waals surface area contributed by atoms with Gasteiger partial charge in [-0.25, -0.2) is 4.98 Å². The van der Waals surface area contributed by atoms with Crippen molar-refractivity contribution >= 4 is 34.8 Å². The van der Waals surface area contributed by atoms with Gasteiger partial charge in [0, 0.05) is 35.8 Å². The quantitative estimate of drug-likeness (QED) is 0.400. The fourth-order valence-electron chi connectivity index (χ4n) is 3.92. The third kappa shape index (κ3) is 5.20. The summed E-state index contributed by atoms with van der Waals surface area (Å²) < 4.78 is 1.50. The molecule has 1 fully saturated rings. The summed E-state index contributed by atoms with van der Waals surface area (Å²) in [4.78, 5) is 40.4. The Labute approximate surface area is 194 Å². The fraction of sp³-hybridized carbons (Fsp3) is 0.261. The molecule has 1 saturated carbocycles. The minimum absolute atomic E-state index is 0.105. The van der Waals surface area contributed by atoms with Crippen molar-refractivity contribution in [3.05, 3.63) is 81.4 Å². The van der Waals surface area contributed by atoms with E-state index in [0.717, 1.165) is 25.7 Å². The highest BCUT2D eigenvalue weighted by atomic mass is 35.5. The zero-order chi connectivity index (χ0) is 23.4. The molecular weight excluding hydrogens is 446 g/mol. The number of hydrogen-bond donors (Lipinski definition) is 2. The fourth-order valence-corrected chi connectivity index (χ4v) is 4.12. The number of nitro benzene ring substituents is 1. The normalized spacial score (nSPS) is 14.0. The lowest BCUT2D eigenvalue weighted by molar-refractivity contribution is -0.384. The van der Waals surface area contributed by atoms with Crippen LogP contribution in [0.3, 0.4) is 0 Å². The molecule has 1 aromatic heterocycles. The van der Waals surface area contributed by atoms with Gasteiger partial charge in [0.15, 0.2) is 0 Å². The minimum Gasteiger partial charge on any atom is -0.349 e. The molecule has 3 aromatic rings. The van der Waals surface area contributed by atoms with Crippen molar-refractivity contribution < 1.29 is 14.5 Å². The maximum atomic E-state index is 12.8. The second kappa shape index (κ2) is 9.83. The number of anilines is 1. The Morgan fingerprint density at radius 2 is 1.88 bits per heavy atom. The second-order valence-corrected chi connectivity index (χ2v) is 8.29. The predicted molar refractivity (Wildman–Crippen MR) is 124 cm³/mol. The van der Waals surface area contributed by atoms with Gasteiger partial charge in [-0.2, -0.15) is 0 Å². The Kier molecular flexibility index (Phi) is 6.69. The zero-order valence-electron chi connectivity index (χ0n) is 17.7. The summed E-state index contributed by atoms with van der Waals surface area (Å²) in [6, 6.07) is 8.92. The molecule has 2 amide bonds. The molecular formula is C23H22ClN5O4. The summed E-state index contributed by atoms with van der Waals surface area (Å²) in [6.07, 6.45) is 9.75. The number of amides is 2. The Morgan fingerprint density at radius 3 is 2.58 bits per heavy atom. The summed E-state index contributed by atoms with van der Waals surface area (Å²) in [6.45, 7) is 0. The number of carbonyl (C=O) groups is 2. The third-order valence-corrected chi connectivity index (χ3v) is 5.96. The maximum Gasteiger partial charge on any atom is 0.294 e. The van der Waals surface area contributed by atoms with Gasteiger partial charge in [0.1, 0.15) is 5.69 Å². The average molecular weight is 468 g/mol. The van der Waals surface area contributed by atoms with E-state index in [2.05, 4.69) is 15.6 Å². The lowest BCUT2D eigenvalue weighted by Crippen LogP contribution is -2.36. The number of rotatable bonds is 6. The van der Waals surface area contributed by atoms with Crippen molar-refractivity contribution in [2.24, 2.45) is 0 Å². The van der Waals surface area contributed by atoms with Gasteiger partial charge in [-0.1, -0.05) is 30.9 Å². The molecule has 0 bridgehead atoms. The smallest absolute Gasteiger partial charge is 0.294 e. The van der Waals surface area contributed by atoms with E-state index in [4.69, 9.17) is 11.6 Å². The van der Waals surface area contributed by atoms with Gasteiger partial charge in [-0.05, 0) is 43.2 Å². The maximum absolute atomic E-state index is 12.8. The lowest BCUT2D eigenvalue weighted by atomic mass is 9.95. The lowest BCUT2D eigenvalue weighted by Gasteiger charge is -2.23. The highest BCUT2D eigenvalue weighted by molar-refractivity contribution is 6.34. The standard InChI is InChI=1S/C23H22ClN5O4/c24-19-8-7-17(13-18(19)23(31)26-16-4-2-1-3-5-16)27-22(30)15-6-9-20(21(12-15)29(32)33)28-11-10-25-14-28/h6-14,16H,1-5H2,(H,26,31)(H,27,30). The highest BCUT2D eigenvalue weighted by Gasteiger charge is 2.21. The first-order chi connectivity index (χ1) is 15.9. The molecule has 0 atom stereocenters. The van der Waals surface area contributed by atoms with E-state index < -0.39 is 10.8 Å². The van der Waals surface area contributed by atoms with E-state index in [9.17, 15) is 19.7 Å². The van der Waals surface area contributed by atoms with E-state index in [1.807, 2.05) is 0 Å². The molecule has 0 saturated heterocycles. The van der Waals surface area contributed by atoms with Crippen molar-refractivity contribution in [1.29, 1.82) is 0 Å². The van der Waals surface area contributed by atoms with Crippen LogP contribution in [0, 0.1) is 10.1 Å². The molecule has 1 heterocycles. The van der Waals surface area contributed by atoms with E-state index in [1.54, 1.807) is 12.3 Å². The molecule has 2 aromatic carbocycles. The number of imidazole rings is 1. The van der Waals surface area contributed by atoms with Crippen molar-refractivity contribution in [1.82, 2.24) is 14.9 Å². The second-order valence-electron chi connectivity index (χ2n) is 7.89. The first-order valence-corrected chi connectivity index (χ1v) is 11.0. The summed E-state index contributed by atoms with van der Waals surface area (Å²) >= 11 is 6.23. The zero-order valence-corrected chi connectivity index (χ0v) is 18.4. The average Bonchev–Trinajstić information content (AvgIpc) is 3.35. The number of aromatic nitrogens is 2. The van der Waals surface area contributed by atoms with Gasteiger partial charge >= 0.3 is 0 Å². The van der Waals surface area contributed by atoms with Gasteiger partial charge in [0.2, 0.25) is 0 Å². The molecule has 4 rings (SSSR count). The van der Waals surface area contributed by atoms with Gasteiger partial charge in [0.05, 0.1) is 21.8 Å². The molecule has 0 radical (unpaired) electrons. The van der Waals surface area contributed by atoms with Crippen LogP contribution >= 0.6 is 11.6 Å². The van der Waals surface area contributed by atoms with Crippen molar-refractivity contribution in [2.75, 3.05) is 5.32 Å². The topological polar surface area (TPSA) is 119 Å². The van der Waals surface area contributed by atoms with Crippen molar-refractivity contribution in [3.8, 4) is 5.69 Å². The van der Waals surface area contributed by atoms with Crippen LogP contribution in [-0.4, -0.2) is 32.3 Å². The third-order valence-electron chi connectivity index (χ3n) is 5.63. The predicted octanol–water partition coefficient (Wildman–Crippen LogP) is 4.75. The number of hydrogen-bond acceptors (Lipinski definition) is 5. The molecule has 0 spiro atoms. The first kappa shape index (κ1) is 22.5. The number of nitrogens with zero attached hydrogens (tertiary/aromatic N) is 3. The number of benzene rings is 2. The van der Waals surface area contributed by atoms with Gasteiger partial charge in [0.25, 0.3) is 17.5 Å². The van der Waals surface area contributed by atoms with Crippen molar-refractivity contribution in [2.45, 2.75) is 38.1 Å². The number of carbonyl (C=O) groups excluding carboxylic acids is 2. The molecule has 0 unspecified atom stereocenters. The SMILES string of the molecule is O=C(Nc1ccc(Cl)c(C(=O)NC2CCCCC2)c1)c1ccc(-n2ccnc2)c([N+](=O)[O-])c1. The molecule has 170 valence electrons. The van der Waals surface area contributed by atoms with Crippen LogP contribution in [-0.2, 0) is 0 Å². The molecule has 9 nitrogen and oxygen atoms in total. The van der Waals surface area contributed by atoms with E-state index >= 15 is 0 Å². The molecule has 0 aliphatic heterocycles. The number of halogens is 1. The van der Waals surface area contributed by atoms with Crippen LogP contribution in [0.2, 0.25) is 5.02 Å². The van der Waals surface area contributed by atoms with E-state index in [1.165, 1.54) is 53.8 Å². The summed E-state index contributed by atoms with van der Waals surface area (Å²) in [5.74, 6) is -0.834. The van der Waals surface area contributed by atoms with Gasteiger partial charge < -0.3 is 15.2 Å². The Morgan fingerprint density at radius 1 is 1.09 bits per heavy atom. The Balaban J connectivity index is 1.52. The molecule has 1 aliphatic carbocycles. The largest absolute Gasteiger partial charge is 0.349 e.